The molecule has 1 saturated heterocycles. The second kappa shape index (κ2) is 5.25. The first-order valence-corrected chi connectivity index (χ1v) is 6.92. The Morgan fingerprint density at radius 3 is 3.12 bits per heavy atom. The average molecular weight is 239 g/mol. The summed E-state index contributed by atoms with van der Waals surface area (Å²) in [5.74, 6) is 0. The number of aryl methyl sites for hydroxylation is 1. The van der Waals surface area contributed by atoms with Gasteiger partial charge in [0.1, 0.15) is 5.01 Å². The molecule has 2 heterocycles. The minimum Gasteiger partial charge on any atom is -0.313 e. The van der Waals surface area contributed by atoms with Gasteiger partial charge in [0.05, 0.1) is 6.04 Å². The van der Waals surface area contributed by atoms with Gasteiger partial charge in [-0.2, -0.15) is 0 Å². The maximum absolute atomic E-state index is 4.49. The molecule has 0 radical (unpaired) electrons. The van der Waals surface area contributed by atoms with Gasteiger partial charge in [-0.05, 0) is 26.8 Å². The fraction of sp³-hybridized carbons (Fsp3) is 0.750. The van der Waals surface area contributed by atoms with Crippen LogP contribution < -0.4 is 5.32 Å². The van der Waals surface area contributed by atoms with E-state index in [-0.39, 0.29) is 0 Å². The molecule has 0 bridgehead atoms. The summed E-state index contributed by atoms with van der Waals surface area (Å²) in [6.07, 6.45) is 3.25. The van der Waals surface area contributed by atoms with Crippen molar-refractivity contribution in [2.75, 3.05) is 19.6 Å². The SMILES string of the molecule is CCNC1CCN(C(C)c2ncc(C)s2)C1. The van der Waals surface area contributed by atoms with Crippen molar-refractivity contribution in [2.45, 2.75) is 39.3 Å². The zero-order valence-corrected chi connectivity index (χ0v) is 11.2. The van der Waals surface area contributed by atoms with Crippen LogP contribution in [-0.2, 0) is 0 Å². The Hall–Kier alpha value is -0.450. The third-order valence-electron chi connectivity index (χ3n) is 3.26. The van der Waals surface area contributed by atoms with Crippen molar-refractivity contribution in [3.63, 3.8) is 0 Å². The number of thiazole rings is 1. The number of likely N-dealkylation sites (tertiary alicyclic amines) is 1. The molecule has 3 nitrogen and oxygen atoms in total. The third-order valence-corrected chi connectivity index (χ3v) is 4.34. The quantitative estimate of drug-likeness (QED) is 0.873. The number of rotatable bonds is 4. The average Bonchev–Trinajstić information content (AvgIpc) is 2.87. The largest absolute Gasteiger partial charge is 0.313 e. The van der Waals surface area contributed by atoms with Gasteiger partial charge in [-0.25, -0.2) is 4.98 Å². The van der Waals surface area contributed by atoms with E-state index in [1.807, 2.05) is 17.5 Å². The molecule has 1 fully saturated rings. The van der Waals surface area contributed by atoms with E-state index in [2.05, 4.69) is 36.0 Å². The van der Waals surface area contributed by atoms with Crippen LogP contribution in [0.3, 0.4) is 0 Å². The van der Waals surface area contributed by atoms with E-state index in [4.69, 9.17) is 0 Å². The molecule has 16 heavy (non-hydrogen) atoms. The molecule has 4 heteroatoms. The Morgan fingerprint density at radius 2 is 2.50 bits per heavy atom. The van der Waals surface area contributed by atoms with Crippen molar-refractivity contribution in [1.29, 1.82) is 0 Å². The lowest BCUT2D eigenvalue weighted by Crippen LogP contribution is -2.33. The highest BCUT2D eigenvalue weighted by atomic mass is 32.1. The van der Waals surface area contributed by atoms with Crippen molar-refractivity contribution in [1.82, 2.24) is 15.2 Å². The molecular weight excluding hydrogens is 218 g/mol. The summed E-state index contributed by atoms with van der Waals surface area (Å²) in [5, 5.41) is 4.79. The molecule has 0 amide bonds. The first kappa shape index (κ1) is 12.0. The maximum atomic E-state index is 4.49. The molecule has 2 rings (SSSR count). The van der Waals surface area contributed by atoms with Crippen molar-refractivity contribution in [2.24, 2.45) is 0 Å². The van der Waals surface area contributed by atoms with Gasteiger partial charge in [-0.1, -0.05) is 6.92 Å². The molecule has 0 saturated carbocycles. The highest BCUT2D eigenvalue weighted by molar-refractivity contribution is 7.11. The van der Waals surface area contributed by atoms with Crippen LogP contribution in [0.5, 0.6) is 0 Å². The smallest absolute Gasteiger partial charge is 0.110 e. The molecule has 1 aliphatic rings. The fourth-order valence-corrected chi connectivity index (χ4v) is 3.18. The number of aromatic nitrogens is 1. The van der Waals surface area contributed by atoms with E-state index in [9.17, 15) is 0 Å². The summed E-state index contributed by atoms with van der Waals surface area (Å²) in [5.41, 5.74) is 0. The van der Waals surface area contributed by atoms with Crippen LogP contribution in [0.15, 0.2) is 6.20 Å². The van der Waals surface area contributed by atoms with Gasteiger partial charge in [0.25, 0.3) is 0 Å². The summed E-state index contributed by atoms with van der Waals surface area (Å²) < 4.78 is 0. The Bertz CT molecular complexity index is 337. The van der Waals surface area contributed by atoms with Crippen LogP contribution in [-0.4, -0.2) is 35.6 Å². The second-order valence-corrected chi connectivity index (χ2v) is 5.79. The second-order valence-electron chi connectivity index (χ2n) is 4.52. The summed E-state index contributed by atoms with van der Waals surface area (Å²) in [7, 11) is 0. The maximum Gasteiger partial charge on any atom is 0.110 e. The van der Waals surface area contributed by atoms with Crippen LogP contribution in [0, 0.1) is 6.92 Å². The van der Waals surface area contributed by atoms with Gasteiger partial charge in [0.2, 0.25) is 0 Å². The number of nitrogens with one attached hydrogen (secondary N) is 1. The van der Waals surface area contributed by atoms with Crippen molar-refractivity contribution in [3.8, 4) is 0 Å². The third kappa shape index (κ3) is 2.62. The summed E-state index contributed by atoms with van der Waals surface area (Å²) >= 11 is 1.82. The first-order valence-electron chi connectivity index (χ1n) is 6.10. The van der Waals surface area contributed by atoms with Gasteiger partial charge in [-0.3, -0.25) is 4.90 Å². The normalized spacial score (nSPS) is 23.8. The Labute approximate surface area is 102 Å². The Kier molecular flexibility index (Phi) is 3.95. The van der Waals surface area contributed by atoms with E-state index in [0.717, 1.165) is 13.1 Å². The molecule has 1 N–H and O–H groups in total. The minimum atomic E-state index is 0.474. The van der Waals surface area contributed by atoms with Gasteiger partial charge in [-0.15, -0.1) is 11.3 Å². The molecular formula is C12H21N3S. The zero-order valence-electron chi connectivity index (χ0n) is 10.4. The molecule has 1 aromatic rings. The zero-order chi connectivity index (χ0) is 11.5. The molecule has 2 atom stereocenters. The lowest BCUT2D eigenvalue weighted by atomic mass is 10.2. The van der Waals surface area contributed by atoms with Gasteiger partial charge < -0.3 is 5.32 Å². The van der Waals surface area contributed by atoms with Gasteiger partial charge >= 0.3 is 0 Å². The van der Waals surface area contributed by atoms with E-state index >= 15 is 0 Å². The molecule has 2 unspecified atom stereocenters. The van der Waals surface area contributed by atoms with Gasteiger partial charge in [0.15, 0.2) is 0 Å². The molecule has 0 aromatic carbocycles. The minimum absolute atomic E-state index is 0.474. The van der Waals surface area contributed by atoms with Crippen LogP contribution in [0.4, 0.5) is 0 Å². The number of hydrogen-bond acceptors (Lipinski definition) is 4. The fourth-order valence-electron chi connectivity index (χ4n) is 2.32. The summed E-state index contributed by atoms with van der Waals surface area (Å²) in [6.45, 7) is 10.00. The predicted molar refractivity (Wildman–Crippen MR) is 68.9 cm³/mol. The van der Waals surface area contributed by atoms with Crippen molar-refractivity contribution < 1.29 is 0 Å². The van der Waals surface area contributed by atoms with Crippen molar-refractivity contribution in [3.05, 3.63) is 16.1 Å². The molecule has 0 spiro atoms. The van der Waals surface area contributed by atoms with Crippen LogP contribution >= 0.6 is 11.3 Å². The molecule has 1 aromatic heterocycles. The van der Waals surface area contributed by atoms with Crippen LogP contribution in [0.25, 0.3) is 0 Å². The van der Waals surface area contributed by atoms with E-state index in [0.29, 0.717) is 12.1 Å². The highest BCUT2D eigenvalue weighted by Crippen LogP contribution is 2.27. The van der Waals surface area contributed by atoms with Gasteiger partial charge in [0, 0.05) is 30.2 Å². The predicted octanol–water partition coefficient (Wildman–Crippen LogP) is 2.20. The summed E-state index contributed by atoms with van der Waals surface area (Å²) in [6, 6.07) is 1.15. The Morgan fingerprint density at radius 1 is 1.69 bits per heavy atom. The van der Waals surface area contributed by atoms with E-state index < -0.39 is 0 Å². The molecule has 1 aliphatic heterocycles. The topological polar surface area (TPSA) is 28.2 Å². The van der Waals surface area contributed by atoms with E-state index in [1.54, 1.807) is 0 Å². The van der Waals surface area contributed by atoms with E-state index in [1.165, 1.54) is 22.9 Å². The molecule has 90 valence electrons. The highest BCUT2D eigenvalue weighted by Gasteiger charge is 2.27. The standard InChI is InChI=1S/C12H21N3S/c1-4-13-11-5-6-15(8-11)10(3)12-14-7-9(2)16-12/h7,10-11,13H,4-6,8H2,1-3H3. The number of hydrogen-bond donors (Lipinski definition) is 1. The Balaban J connectivity index is 1.94. The molecule has 0 aliphatic carbocycles. The van der Waals surface area contributed by atoms with Crippen LogP contribution in [0.2, 0.25) is 0 Å². The van der Waals surface area contributed by atoms with Crippen molar-refractivity contribution >= 4 is 11.3 Å². The summed E-state index contributed by atoms with van der Waals surface area (Å²) in [4.78, 5) is 8.33. The lowest BCUT2D eigenvalue weighted by molar-refractivity contribution is 0.255. The number of nitrogens with zero attached hydrogens (tertiary/aromatic N) is 2. The van der Waals surface area contributed by atoms with Crippen LogP contribution in [0.1, 0.15) is 36.2 Å². The monoisotopic (exact) mass is 239 g/mol. The number of likely N-dealkylation sites (N-methyl/N-ethyl adjacent to an activating group) is 1. The first-order chi connectivity index (χ1) is 7.70. The lowest BCUT2D eigenvalue weighted by Gasteiger charge is -2.22.